The van der Waals surface area contributed by atoms with E-state index in [0.29, 0.717) is 18.0 Å². The Kier molecular flexibility index (Phi) is 2.62. The number of nitrogens with zero attached hydrogens (tertiary/aromatic N) is 4. The van der Waals surface area contributed by atoms with Gasteiger partial charge in [0, 0.05) is 31.5 Å². The number of carbonyl (C=O) groups excluding carboxylic acids is 1. The van der Waals surface area contributed by atoms with Crippen molar-refractivity contribution in [2.45, 2.75) is 19.4 Å². The van der Waals surface area contributed by atoms with Gasteiger partial charge in [0.15, 0.2) is 5.69 Å². The molecule has 1 atom stereocenters. The van der Waals surface area contributed by atoms with Gasteiger partial charge in [0.1, 0.15) is 5.76 Å². The molecule has 1 aliphatic rings. The average molecular weight is 246 g/mol. The van der Waals surface area contributed by atoms with E-state index in [1.165, 1.54) is 0 Å². The van der Waals surface area contributed by atoms with Gasteiger partial charge in [-0.1, -0.05) is 5.16 Å². The molecule has 1 aliphatic heterocycles. The summed E-state index contributed by atoms with van der Waals surface area (Å²) in [5.74, 6) is 0.586. The van der Waals surface area contributed by atoms with Crippen molar-refractivity contribution in [2.75, 3.05) is 13.1 Å². The molecule has 1 unspecified atom stereocenters. The van der Waals surface area contributed by atoms with Crippen LogP contribution in [0.5, 0.6) is 0 Å². The van der Waals surface area contributed by atoms with Crippen LogP contribution in [0.4, 0.5) is 0 Å². The van der Waals surface area contributed by atoms with E-state index in [0.717, 1.165) is 13.0 Å². The molecule has 18 heavy (non-hydrogen) atoms. The average Bonchev–Trinajstić information content (AvgIpc) is 3.09. The van der Waals surface area contributed by atoms with Gasteiger partial charge >= 0.3 is 0 Å². The molecule has 1 amide bonds. The molecule has 6 nitrogen and oxygen atoms in total. The molecule has 0 radical (unpaired) electrons. The van der Waals surface area contributed by atoms with Crippen molar-refractivity contribution in [3.8, 4) is 0 Å². The lowest BCUT2D eigenvalue weighted by molar-refractivity contribution is 0.0776. The smallest absolute Gasteiger partial charge is 0.276 e. The fourth-order valence-corrected chi connectivity index (χ4v) is 2.27. The molecule has 94 valence electrons. The summed E-state index contributed by atoms with van der Waals surface area (Å²) in [5, 5.41) is 7.97. The maximum absolute atomic E-state index is 12.1. The van der Waals surface area contributed by atoms with Crippen molar-refractivity contribution in [1.82, 2.24) is 19.8 Å². The highest BCUT2D eigenvalue weighted by molar-refractivity contribution is 5.92. The molecule has 3 rings (SSSR count). The Balaban J connectivity index is 1.70. The first kappa shape index (κ1) is 11.0. The van der Waals surface area contributed by atoms with Crippen LogP contribution in [0.2, 0.25) is 0 Å². The molecular formula is C12H14N4O2. The first-order chi connectivity index (χ1) is 8.74. The van der Waals surface area contributed by atoms with E-state index >= 15 is 0 Å². The van der Waals surface area contributed by atoms with Crippen LogP contribution in [0.25, 0.3) is 0 Å². The van der Waals surface area contributed by atoms with Crippen LogP contribution in [0.3, 0.4) is 0 Å². The fraction of sp³-hybridized carbons (Fsp3) is 0.417. The zero-order valence-electron chi connectivity index (χ0n) is 10.1. The number of carbonyl (C=O) groups is 1. The summed E-state index contributed by atoms with van der Waals surface area (Å²) in [5.41, 5.74) is 0.383. The molecule has 0 aliphatic carbocycles. The predicted molar refractivity (Wildman–Crippen MR) is 63.0 cm³/mol. The number of aromatic nitrogens is 3. The summed E-state index contributed by atoms with van der Waals surface area (Å²) in [6, 6.07) is 3.83. The highest BCUT2D eigenvalue weighted by atomic mass is 16.5. The number of amides is 1. The molecule has 2 aromatic heterocycles. The zero-order chi connectivity index (χ0) is 12.5. The van der Waals surface area contributed by atoms with Crippen molar-refractivity contribution in [2.24, 2.45) is 0 Å². The minimum atomic E-state index is -0.0680. The summed E-state index contributed by atoms with van der Waals surface area (Å²) in [6.45, 7) is 3.18. The van der Waals surface area contributed by atoms with Crippen molar-refractivity contribution in [3.63, 3.8) is 0 Å². The summed E-state index contributed by atoms with van der Waals surface area (Å²) in [4.78, 5) is 13.9. The predicted octanol–water partition coefficient (Wildman–Crippen LogP) is 1.27. The maximum Gasteiger partial charge on any atom is 0.276 e. The SMILES string of the molecule is Cc1cc(C(=O)N2CCC(n3cccn3)C2)no1. The summed E-state index contributed by atoms with van der Waals surface area (Å²) in [7, 11) is 0. The molecule has 6 heteroatoms. The summed E-state index contributed by atoms with van der Waals surface area (Å²) < 4.78 is 6.83. The molecule has 1 fully saturated rings. The Labute approximate surface area is 104 Å². The first-order valence-corrected chi connectivity index (χ1v) is 5.96. The van der Waals surface area contributed by atoms with Crippen LogP contribution < -0.4 is 0 Å². The second kappa shape index (κ2) is 4.29. The third-order valence-corrected chi connectivity index (χ3v) is 3.20. The van der Waals surface area contributed by atoms with E-state index in [1.807, 2.05) is 16.9 Å². The largest absolute Gasteiger partial charge is 0.361 e. The van der Waals surface area contributed by atoms with Crippen molar-refractivity contribution < 1.29 is 9.32 Å². The summed E-state index contributed by atoms with van der Waals surface area (Å²) >= 11 is 0. The minimum Gasteiger partial charge on any atom is -0.361 e. The zero-order valence-corrected chi connectivity index (χ0v) is 10.1. The molecule has 0 N–H and O–H groups in total. The van der Waals surface area contributed by atoms with Gasteiger partial charge < -0.3 is 9.42 Å². The van der Waals surface area contributed by atoms with E-state index in [1.54, 1.807) is 24.1 Å². The van der Waals surface area contributed by atoms with Crippen molar-refractivity contribution >= 4 is 5.91 Å². The standard InChI is InChI=1S/C12H14N4O2/c1-9-7-11(14-18-9)12(17)15-6-3-10(8-15)16-5-2-4-13-16/h2,4-5,7,10H,3,6,8H2,1H3. The third-order valence-electron chi connectivity index (χ3n) is 3.20. The molecule has 0 aromatic carbocycles. The third kappa shape index (κ3) is 1.90. The topological polar surface area (TPSA) is 64.2 Å². The monoisotopic (exact) mass is 246 g/mol. The molecular weight excluding hydrogens is 232 g/mol. The van der Waals surface area contributed by atoms with E-state index in [4.69, 9.17) is 4.52 Å². The van der Waals surface area contributed by atoms with Crippen LogP contribution in [-0.4, -0.2) is 38.8 Å². The van der Waals surface area contributed by atoms with E-state index in [-0.39, 0.29) is 11.9 Å². The number of likely N-dealkylation sites (tertiary alicyclic amines) is 1. The van der Waals surface area contributed by atoms with E-state index in [2.05, 4.69) is 10.3 Å². The number of rotatable bonds is 2. The molecule has 0 bridgehead atoms. The van der Waals surface area contributed by atoms with Gasteiger partial charge in [0.2, 0.25) is 0 Å². The molecule has 1 saturated heterocycles. The van der Waals surface area contributed by atoms with Crippen molar-refractivity contribution in [1.29, 1.82) is 0 Å². The number of hydrogen-bond donors (Lipinski definition) is 0. The first-order valence-electron chi connectivity index (χ1n) is 5.96. The van der Waals surface area contributed by atoms with Gasteiger partial charge in [0.05, 0.1) is 6.04 Å². The van der Waals surface area contributed by atoms with E-state index < -0.39 is 0 Å². The Hall–Kier alpha value is -2.11. The Morgan fingerprint density at radius 3 is 3.11 bits per heavy atom. The van der Waals surface area contributed by atoms with Crippen LogP contribution in [0.1, 0.15) is 28.7 Å². The van der Waals surface area contributed by atoms with Crippen LogP contribution in [0, 0.1) is 6.92 Å². The van der Waals surface area contributed by atoms with Gasteiger partial charge in [-0.25, -0.2) is 0 Å². The quantitative estimate of drug-likeness (QED) is 0.800. The highest BCUT2D eigenvalue weighted by Crippen LogP contribution is 2.22. The second-order valence-corrected chi connectivity index (χ2v) is 4.50. The van der Waals surface area contributed by atoms with Gasteiger partial charge in [-0.05, 0) is 19.4 Å². The Morgan fingerprint density at radius 1 is 1.56 bits per heavy atom. The highest BCUT2D eigenvalue weighted by Gasteiger charge is 2.29. The number of hydrogen-bond acceptors (Lipinski definition) is 4. The van der Waals surface area contributed by atoms with Crippen LogP contribution in [-0.2, 0) is 0 Å². The lowest BCUT2D eigenvalue weighted by atomic mass is 10.3. The van der Waals surface area contributed by atoms with Crippen LogP contribution >= 0.6 is 0 Å². The molecule has 3 heterocycles. The Morgan fingerprint density at radius 2 is 2.44 bits per heavy atom. The maximum atomic E-state index is 12.1. The molecule has 0 saturated carbocycles. The normalized spacial score (nSPS) is 19.4. The van der Waals surface area contributed by atoms with Gasteiger partial charge in [-0.15, -0.1) is 0 Å². The summed E-state index contributed by atoms with van der Waals surface area (Å²) in [6.07, 6.45) is 4.61. The second-order valence-electron chi connectivity index (χ2n) is 4.50. The minimum absolute atomic E-state index is 0.0680. The van der Waals surface area contributed by atoms with Crippen LogP contribution in [0.15, 0.2) is 29.0 Å². The van der Waals surface area contributed by atoms with Gasteiger partial charge in [-0.2, -0.15) is 5.10 Å². The van der Waals surface area contributed by atoms with Gasteiger partial charge in [0.25, 0.3) is 5.91 Å². The van der Waals surface area contributed by atoms with Crippen molar-refractivity contribution in [3.05, 3.63) is 36.0 Å². The van der Waals surface area contributed by atoms with E-state index in [9.17, 15) is 4.79 Å². The Bertz CT molecular complexity index is 546. The van der Waals surface area contributed by atoms with Gasteiger partial charge in [-0.3, -0.25) is 9.48 Å². The lowest BCUT2D eigenvalue weighted by Gasteiger charge is -2.14. The lowest BCUT2D eigenvalue weighted by Crippen LogP contribution is -2.29. The fourth-order valence-electron chi connectivity index (χ4n) is 2.27. The number of aryl methyl sites for hydroxylation is 1. The molecule has 2 aromatic rings. The molecule has 0 spiro atoms.